The molecule has 2 aromatic carbocycles. The molecular weight excluding hydrogens is 412 g/mol. The molecule has 1 aliphatic rings. The van der Waals surface area contributed by atoms with E-state index >= 15 is 0 Å². The maximum atomic E-state index is 13.4. The fourth-order valence-corrected chi connectivity index (χ4v) is 4.42. The minimum atomic E-state index is -0.583. The second kappa shape index (κ2) is 10.9. The molecule has 1 aliphatic carbocycles. The van der Waals surface area contributed by atoms with Gasteiger partial charge in [-0.1, -0.05) is 81.6 Å². The van der Waals surface area contributed by atoms with E-state index in [1.165, 1.54) is 0 Å². The Bertz CT molecular complexity index is 958. The van der Waals surface area contributed by atoms with E-state index in [4.69, 9.17) is 4.74 Å². The molecule has 1 N–H and O–H groups in total. The summed E-state index contributed by atoms with van der Waals surface area (Å²) in [5.41, 5.74) is 3.07. The third-order valence-electron chi connectivity index (χ3n) is 6.35. The first kappa shape index (κ1) is 24.8. The number of ether oxygens (including phenoxy) is 1. The molecule has 0 saturated heterocycles. The van der Waals surface area contributed by atoms with E-state index in [0.29, 0.717) is 12.3 Å². The van der Waals surface area contributed by atoms with Crippen LogP contribution in [0, 0.1) is 6.92 Å². The van der Waals surface area contributed by atoms with Crippen LogP contribution in [0.15, 0.2) is 48.5 Å². The lowest BCUT2D eigenvalue weighted by Crippen LogP contribution is -2.50. The summed E-state index contributed by atoms with van der Waals surface area (Å²) in [6, 6.07) is 15.5. The lowest BCUT2D eigenvalue weighted by Gasteiger charge is -2.30. The molecule has 2 aromatic rings. The van der Waals surface area contributed by atoms with Gasteiger partial charge in [-0.25, -0.2) is 0 Å². The van der Waals surface area contributed by atoms with E-state index in [0.717, 1.165) is 42.4 Å². The Morgan fingerprint density at radius 1 is 1.09 bits per heavy atom. The van der Waals surface area contributed by atoms with Gasteiger partial charge in [-0.05, 0) is 49.3 Å². The first-order valence-corrected chi connectivity index (χ1v) is 12.0. The SMILES string of the molecule is Cc1cccc(CN(C(=O)COc2ccccc2C(C)(C)C)C(C)C(=O)NC2CCCC2)c1. The summed E-state index contributed by atoms with van der Waals surface area (Å²) in [5.74, 6) is 0.407. The molecule has 2 amide bonds. The molecule has 0 heterocycles. The van der Waals surface area contributed by atoms with Crippen molar-refractivity contribution in [2.24, 2.45) is 0 Å². The van der Waals surface area contributed by atoms with Gasteiger partial charge in [0.25, 0.3) is 5.91 Å². The molecule has 1 fully saturated rings. The third kappa shape index (κ3) is 6.83. The summed E-state index contributed by atoms with van der Waals surface area (Å²) < 4.78 is 6.01. The van der Waals surface area contributed by atoms with Gasteiger partial charge in [0.05, 0.1) is 0 Å². The molecule has 3 rings (SSSR count). The topological polar surface area (TPSA) is 58.6 Å². The van der Waals surface area contributed by atoms with Crippen LogP contribution in [-0.2, 0) is 21.5 Å². The van der Waals surface area contributed by atoms with Gasteiger partial charge in [0.2, 0.25) is 5.91 Å². The highest BCUT2D eigenvalue weighted by molar-refractivity contribution is 5.88. The highest BCUT2D eigenvalue weighted by Crippen LogP contribution is 2.31. The average molecular weight is 451 g/mol. The second-order valence-electron chi connectivity index (χ2n) is 10.2. The lowest BCUT2D eigenvalue weighted by molar-refractivity contribution is -0.142. The van der Waals surface area contributed by atoms with Crippen LogP contribution in [0.1, 0.15) is 70.1 Å². The van der Waals surface area contributed by atoms with Crippen molar-refractivity contribution in [3.05, 3.63) is 65.2 Å². The van der Waals surface area contributed by atoms with E-state index in [9.17, 15) is 9.59 Å². The molecule has 178 valence electrons. The van der Waals surface area contributed by atoms with Crippen LogP contribution in [-0.4, -0.2) is 35.4 Å². The molecule has 5 heteroatoms. The van der Waals surface area contributed by atoms with Crippen molar-refractivity contribution in [1.29, 1.82) is 0 Å². The smallest absolute Gasteiger partial charge is 0.261 e. The van der Waals surface area contributed by atoms with Gasteiger partial charge in [-0.2, -0.15) is 0 Å². The Kier molecular flexibility index (Phi) is 8.17. The number of amides is 2. The molecule has 0 bridgehead atoms. The monoisotopic (exact) mass is 450 g/mol. The zero-order valence-corrected chi connectivity index (χ0v) is 20.7. The van der Waals surface area contributed by atoms with Gasteiger partial charge in [-0.3, -0.25) is 9.59 Å². The largest absolute Gasteiger partial charge is 0.483 e. The minimum absolute atomic E-state index is 0.0991. The number of benzene rings is 2. The van der Waals surface area contributed by atoms with Crippen molar-refractivity contribution >= 4 is 11.8 Å². The van der Waals surface area contributed by atoms with E-state index in [1.54, 1.807) is 11.8 Å². The fourth-order valence-electron chi connectivity index (χ4n) is 4.42. The van der Waals surface area contributed by atoms with Crippen LogP contribution >= 0.6 is 0 Å². The van der Waals surface area contributed by atoms with Crippen LogP contribution in [0.4, 0.5) is 0 Å². The number of nitrogens with one attached hydrogen (secondary N) is 1. The predicted molar refractivity (Wildman–Crippen MR) is 132 cm³/mol. The predicted octanol–water partition coefficient (Wildman–Crippen LogP) is 5.15. The van der Waals surface area contributed by atoms with Gasteiger partial charge in [0.15, 0.2) is 6.61 Å². The summed E-state index contributed by atoms with van der Waals surface area (Å²) in [6.45, 7) is 10.5. The van der Waals surface area contributed by atoms with E-state index in [-0.39, 0.29) is 29.9 Å². The summed E-state index contributed by atoms with van der Waals surface area (Å²) in [6.07, 6.45) is 4.31. The van der Waals surface area contributed by atoms with Crippen molar-refractivity contribution in [1.82, 2.24) is 10.2 Å². The number of nitrogens with zero attached hydrogens (tertiary/aromatic N) is 1. The Morgan fingerprint density at radius 2 is 1.79 bits per heavy atom. The lowest BCUT2D eigenvalue weighted by atomic mass is 9.86. The number of aryl methyl sites for hydroxylation is 1. The normalized spacial score (nSPS) is 15.2. The molecule has 0 aliphatic heterocycles. The maximum Gasteiger partial charge on any atom is 0.261 e. The first-order valence-electron chi connectivity index (χ1n) is 12.0. The molecule has 33 heavy (non-hydrogen) atoms. The second-order valence-corrected chi connectivity index (χ2v) is 10.2. The summed E-state index contributed by atoms with van der Waals surface area (Å²) in [4.78, 5) is 28.0. The number of hydrogen-bond donors (Lipinski definition) is 1. The van der Waals surface area contributed by atoms with Crippen molar-refractivity contribution < 1.29 is 14.3 Å². The zero-order valence-electron chi connectivity index (χ0n) is 20.7. The number of rotatable bonds is 8. The maximum absolute atomic E-state index is 13.4. The Morgan fingerprint density at radius 3 is 2.45 bits per heavy atom. The number of carbonyl (C=O) groups excluding carboxylic acids is 2. The van der Waals surface area contributed by atoms with Gasteiger partial charge >= 0.3 is 0 Å². The molecule has 1 unspecified atom stereocenters. The van der Waals surface area contributed by atoms with Gasteiger partial charge < -0.3 is 15.0 Å². The third-order valence-corrected chi connectivity index (χ3v) is 6.35. The summed E-state index contributed by atoms with van der Waals surface area (Å²) >= 11 is 0. The first-order chi connectivity index (χ1) is 15.6. The van der Waals surface area contributed by atoms with Crippen molar-refractivity contribution in [3.8, 4) is 5.75 Å². The average Bonchev–Trinajstić information content (AvgIpc) is 3.28. The highest BCUT2D eigenvalue weighted by Gasteiger charge is 2.29. The summed E-state index contributed by atoms with van der Waals surface area (Å²) in [5, 5.41) is 3.14. The molecule has 0 spiro atoms. The van der Waals surface area contributed by atoms with Crippen molar-refractivity contribution in [2.75, 3.05) is 6.61 Å². The molecule has 5 nitrogen and oxygen atoms in total. The Labute approximate surface area is 198 Å². The standard InChI is InChI=1S/C28H38N2O3/c1-20-11-10-12-22(17-20)18-30(21(2)27(32)29-23-13-6-7-14-23)26(31)19-33-25-16-9-8-15-24(25)28(3,4)5/h8-12,15-17,21,23H,6-7,13-14,18-19H2,1-5H3,(H,29,32). The van der Waals surface area contributed by atoms with E-state index in [2.05, 4.69) is 32.2 Å². The fraction of sp³-hybridized carbons (Fsp3) is 0.500. The molecule has 0 radical (unpaired) electrons. The van der Waals surface area contributed by atoms with E-state index < -0.39 is 6.04 Å². The molecule has 1 saturated carbocycles. The van der Waals surface area contributed by atoms with E-state index in [1.807, 2.05) is 49.4 Å². The highest BCUT2D eigenvalue weighted by atomic mass is 16.5. The molecule has 1 atom stereocenters. The Hall–Kier alpha value is -2.82. The molecular formula is C28H38N2O3. The zero-order chi connectivity index (χ0) is 24.0. The van der Waals surface area contributed by atoms with Crippen LogP contribution in [0.2, 0.25) is 0 Å². The van der Waals surface area contributed by atoms with Crippen molar-refractivity contribution in [2.45, 2.75) is 84.3 Å². The quantitative estimate of drug-likeness (QED) is 0.605. The summed E-state index contributed by atoms with van der Waals surface area (Å²) in [7, 11) is 0. The van der Waals surface area contributed by atoms with Crippen LogP contribution in [0.5, 0.6) is 5.75 Å². The number of hydrogen-bond acceptors (Lipinski definition) is 3. The van der Waals surface area contributed by atoms with Gasteiger partial charge in [0.1, 0.15) is 11.8 Å². The van der Waals surface area contributed by atoms with Crippen molar-refractivity contribution in [3.63, 3.8) is 0 Å². The Balaban J connectivity index is 1.76. The van der Waals surface area contributed by atoms with Gasteiger partial charge in [0, 0.05) is 12.6 Å². The van der Waals surface area contributed by atoms with Gasteiger partial charge in [-0.15, -0.1) is 0 Å². The van der Waals surface area contributed by atoms with Crippen LogP contribution < -0.4 is 10.1 Å². The number of para-hydroxylation sites is 1. The van der Waals surface area contributed by atoms with Crippen LogP contribution in [0.3, 0.4) is 0 Å². The number of carbonyl (C=O) groups is 2. The van der Waals surface area contributed by atoms with Crippen LogP contribution in [0.25, 0.3) is 0 Å². The molecule has 0 aromatic heterocycles. The minimum Gasteiger partial charge on any atom is -0.483 e.